The number of likely N-dealkylation sites (tertiary alicyclic amines) is 1. The fourth-order valence-electron chi connectivity index (χ4n) is 4.52. The lowest BCUT2D eigenvalue weighted by molar-refractivity contribution is 0.0989. The van der Waals surface area contributed by atoms with E-state index in [4.69, 9.17) is 0 Å². The Bertz CT molecular complexity index is 784. The van der Waals surface area contributed by atoms with Crippen molar-refractivity contribution in [1.82, 2.24) is 9.80 Å². The van der Waals surface area contributed by atoms with Crippen molar-refractivity contribution in [2.24, 2.45) is 0 Å². The third-order valence-corrected chi connectivity index (χ3v) is 6.37. The van der Waals surface area contributed by atoms with Crippen LogP contribution in [0.5, 0.6) is 0 Å². The van der Waals surface area contributed by atoms with Gasteiger partial charge in [0.05, 0.1) is 0 Å². The highest BCUT2D eigenvalue weighted by atomic mass is 16.2. The molecule has 1 fully saturated rings. The molecule has 2 amide bonds. The van der Waals surface area contributed by atoms with Gasteiger partial charge < -0.3 is 15.1 Å². The van der Waals surface area contributed by atoms with E-state index in [9.17, 15) is 4.79 Å². The van der Waals surface area contributed by atoms with Gasteiger partial charge in [0.2, 0.25) is 0 Å². The van der Waals surface area contributed by atoms with Crippen LogP contribution in [0.3, 0.4) is 0 Å². The van der Waals surface area contributed by atoms with Crippen molar-refractivity contribution in [3.8, 4) is 0 Å². The smallest absolute Gasteiger partial charge is 0.317 e. The van der Waals surface area contributed by atoms with Crippen molar-refractivity contribution in [3.05, 3.63) is 65.7 Å². The zero-order valence-corrected chi connectivity index (χ0v) is 18.8. The number of para-hydroxylation sites is 1. The van der Waals surface area contributed by atoms with Crippen LogP contribution in [0.15, 0.2) is 54.6 Å². The minimum absolute atomic E-state index is 0.0137. The highest BCUT2D eigenvalue weighted by Gasteiger charge is 2.29. The molecule has 0 aliphatic carbocycles. The topological polar surface area (TPSA) is 35.6 Å². The number of nitrogens with zero attached hydrogens (tertiary/aromatic N) is 2. The maximum atomic E-state index is 13.4. The summed E-state index contributed by atoms with van der Waals surface area (Å²) in [7, 11) is 0. The molecule has 1 atom stereocenters. The van der Waals surface area contributed by atoms with E-state index >= 15 is 0 Å². The Morgan fingerprint density at radius 2 is 1.73 bits per heavy atom. The molecular weight excluding hydrogens is 370 g/mol. The normalized spacial score (nSPS) is 16.2. The number of aryl methyl sites for hydroxylation is 1. The van der Waals surface area contributed by atoms with Crippen molar-refractivity contribution in [2.45, 2.75) is 71.5 Å². The van der Waals surface area contributed by atoms with Crippen LogP contribution in [-0.4, -0.2) is 41.0 Å². The van der Waals surface area contributed by atoms with E-state index in [2.05, 4.69) is 54.1 Å². The number of hydrogen-bond donors (Lipinski definition) is 1. The first-order valence-corrected chi connectivity index (χ1v) is 11.6. The summed E-state index contributed by atoms with van der Waals surface area (Å²) < 4.78 is 0. The molecular formula is C26H37N3O. The van der Waals surface area contributed by atoms with Crippen LogP contribution in [0.4, 0.5) is 10.5 Å². The highest BCUT2D eigenvalue weighted by molar-refractivity contribution is 5.90. The Morgan fingerprint density at radius 1 is 1.07 bits per heavy atom. The van der Waals surface area contributed by atoms with Crippen molar-refractivity contribution in [3.63, 3.8) is 0 Å². The number of carbonyl (C=O) groups is 1. The molecule has 0 saturated carbocycles. The van der Waals surface area contributed by atoms with E-state index in [0.29, 0.717) is 12.6 Å². The number of nitrogens with one attached hydrogen (secondary N) is 1. The van der Waals surface area contributed by atoms with Crippen LogP contribution in [-0.2, 0) is 13.0 Å². The number of piperidine rings is 1. The summed E-state index contributed by atoms with van der Waals surface area (Å²) in [4.78, 5) is 18.1. The van der Waals surface area contributed by atoms with E-state index in [1.165, 1.54) is 24.0 Å². The second-order valence-corrected chi connectivity index (χ2v) is 8.46. The Balaban J connectivity index is 1.73. The molecule has 2 aromatic rings. The number of benzene rings is 2. The van der Waals surface area contributed by atoms with Crippen molar-refractivity contribution >= 4 is 11.7 Å². The van der Waals surface area contributed by atoms with Gasteiger partial charge in [-0.15, -0.1) is 0 Å². The van der Waals surface area contributed by atoms with Crippen LogP contribution < -0.4 is 5.32 Å². The largest absolute Gasteiger partial charge is 0.322 e. The molecule has 0 radical (unpaired) electrons. The lowest BCUT2D eigenvalue weighted by Gasteiger charge is -2.40. The fraction of sp³-hybridized carbons (Fsp3) is 0.500. The summed E-state index contributed by atoms with van der Waals surface area (Å²) in [5.41, 5.74) is 3.28. The van der Waals surface area contributed by atoms with Crippen LogP contribution in [0.1, 0.15) is 57.6 Å². The average Bonchev–Trinajstić information content (AvgIpc) is 2.79. The number of amides is 2. The molecule has 3 rings (SSSR count). The van der Waals surface area contributed by atoms with E-state index in [1.807, 2.05) is 36.4 Å². The first-order chi connectivity index (χ1) is 14.6. The average molecular weight is 408 g/mol. The van der Waals surface area contributed by atoms with Gasteiger partial charge in [-0.25, -0.2) is 4.79 Å². The summed E-state index contributed by atoms with van der Waals surface area (Å²) >= 11 is 0. The molecule has 2 aromatic carbocycles. The third-order valence-electron chi connectivity index (χ3n) is 6.37. The second-order valence-electron chi connectivity index (χ2n) is 8.46. The number of carbonyl (C=O) groups excluding carboxylic acids is 1. The van der Waals surface area contributed by atoms with Crippen LogP contribution >= 0.6 is 0 Å². The van der Waals surface area contributed by atoms with Crippen molar-refractivity contribution in [2.75, 3.05) is 18.4 Å². The van der Waals surface area contributed by atoms with Gasteiger partial charge in [-0.3, -0.25) is 0 Å². The van der Waals surface area contributed by atoms with Gasteiger partial charge in [-0.05, 0) is 49.8 Å². The van der Waals surface area contributed by atoms with Gasteiger partial charge in [0, 0.05) is 37.4 Å². The Hall–Kier alpha value is -2.33. The molecule has 1 saturated heterocycles. The van der Waals surface area contributed by atoms with E-state index in [-0.39, 0.29) is 12.1 Å². The molecule has 1 N–H and O–H groups in total. The molecule has 0 aromatic heterocycles. The molecule has 4 heteroatoms. The van der Waals surface area contributed by atoms with Crippen LogP contribution in [0.2, 0.25) is 0 Å². The van der Waals surface area contributed by atoms with Gasteiger partial charge in [-0.2, -0.15) is 0 Å². The summed E-state index contributed by atoms with van der Waals surface area (Å²) in [6.45, 7) is 9.49. The quantitative estimate of drug-likeness (QED) is 0.588. The summed E-state index contributed by atoms with van der Waals surface area (Å²) in [6, 6.07) is 19.4. The zero-order chi connectivity index (χ0) is 21.3. The van der Waals surface area contributed by atoms with Gasteiger partial charge in [0.15, 0.2) is 0 Å². The van der Waals surface area contributed by atoms with Gasteiger partial charge in [-0.1, -0.05) is 68.8 Å². The van der Waals surface area contributed by atoms with Crippen LogP contribution in [0.25, 0.3) is 0 Å². The highest BCUT2D eigenvalue weighted by Crippen LogP contribution is 2.24. The molecule has 1 aliphatic heterocycles. The van der Waals surface area contributed by atoms with Crippen molar-refractivity contribution < 1.29 is 4.79 Å². The van der Waals surface area contributed by atoms with Crippen LogP contribution in [0, 0.1) is 0 Å². The van der Waals surface area contributed by atoms with Gasteiger partial charge in [0.25, 0.3) is 0 Å². The Labute approximate surface area is 182 Å². The minimum Gasteiger partial charge on any atom is -0.317 e. The molecule has 1 aliphatic rings. The summed E-state index contributed by atoms with van der Waals surface area (Å²) in [6.07, 6.45) is 5.43. The standard InChI is InChI=1S/C26H37N3O/c1-4-11-21(3)28-18-16-24(17-19-28)29(20-22-12-7-6-8-13-22)26(30)27-25-15-10-9-14-23(25)5-2/h6-10,12-15,21,24H,4-5,11,16-20H2,1-3H3,(H,27,30). The first-order valence-electron chi connectivity index (χ1n) is 11.6. The molecule has 162 valence electrons. The molecule has 0 bridgehead atoms. The fourth-order valence-corrected chi connectivity index (χ4v) is 4.52. The first kappa shape index (κ1) is 22.4. The monoisotopic (exact) mass is 407 g/mol. The molecule has 4 nitrogen and oxygen atoms in total. The number of hydrogen-bond acceptors (Lipinski definition) is 2. The van der Waals surface area contributed by atoms with Gasteiger partial charge in [0.1, 0.15) is 0 Å². The summed E-state index contributed by atoms with van der Waals surface area (Å²) in [5, 5.41) is 3.21. The Kier molecular flexibility index (Phi) is 8.32. The minimum atomic E-state index is 0.0137. The molecule has 1 heterocycles. The zero-order valence-electron chi connectivity index (χ0n) is 18.8. The van der Waals surface area contributed by atoms with Crippen molar-refractivity contribution in [1.29, 1.82) is 0 Å². The third kappa shape index (κ3) is 5.85. The number of rotatable bonds is 8. The number of anilines is 1. The SMILES string of the molecule is CCCC(C)N1CCC(N(Cc2ccccc2)C(=O)Nc2ccccc2CC)CC1. The Morgan fingerprint density at radius 3 is 2.40 bits per heavy atom. The van der Waals surface area contributed by atoms with E-state index in [0.717, 1.165) is 38.0 Å². The molecule has 30 heavy (non-hydrogen) atoms. The summed E-state index contributed by atoms with van der Waals surface area (Å²) in [5.74, 6) is 0. The van der Waals surface area contributed by atoms with Gasteiger partial charge >= 0.3 is 6.03 Å². The maximum Gasteiger partial charge on any atom is 0.322 e. The van der Waals surface area contributed by atoms with E-state index in [1.54, 1.807) is 0 Å². The van der Waals surface area contributed by atoms with E-state index < -0.39 is 0 Å². The maximum absolute atomic E-state index is 13.4. The lowest BCUT2D eigenvalue weighted by Crippen LogP contribution is -2.50. The number of urea groups is 1. The predicted molar refractivity (Wildman–Crippen MR) is 126 cm³/mol. The molecule has 0 spiro atoms. The molecule has 1 unspecified atom stereocenters. The lowest BCUT2D eigenvalue weighted by atomic mass is 10.00. The predicted octanol–water partition coefficient (Wildman–Crippen LogP) is 5.94. The second kappa shape index (κ2) is 11.2.